The second-order valence-electron chi connectivity index (χ2n) is 6.67. The first-order chi connectivity index (χ1) is 13.7. The lowest BCUT2D eigenvalue weighted by atomic mass is 10.1. The molecule has 29 heavy (non-hydrogen) atoms. The minimum Gasteiger partial charge on any atom is -0.506 e. The molecule has 1 amide bonds. The molecule has 1 aromatic heterocycles. The average Bonchev–Trinajstić information content (AvgIpc) is 2.67. The number of hydrogen-bond donors (Lipinski definition) is 3. The van der Waals surface area contributed by atoms with E-state index in [1.807, 2.05) is 13.8 Å². The van der Waals surface area contributed by atoms with Gasteiger partial charge in [0.05, 0.1) is 11.2 Å². The number of carbonyl (C=O) groups excluding carboxylic acids is 1. The van der Waals surface area contributed by atoms with Crippen molar-refractivity contribution in [1.82, 2.24) is 4.57 Å². The Bertz CT molecular complexity index is 1260. The molecule has 4 N–H and O–H groups in total. The van der Waals surface area contributed by atoms with E-state index in [1.165, 1.54) is 28.8 Å². The van der Waals surface area contributed by atoms with E-state index in [1.54, 1.807) is 24.3 Å². The maximum absolute atomic E-state index is 13.1. The van der Waals surface area contributed by atoms with Gasteiger partial charge in [0.25, 0.3) is 11.5 Å². The number of hydrogen-bond acceptors (Lipinski definition) is 5. The van der Waals surface area contributed by atoms with Crippen molar-refractivity contribution in [3.05, 3.63) is 64.4 Å². The Labute approximate surface area is 167 Å². The summed E-state index contributed by atoms with van der Waals surface area (Å²) in [5.41, 5.74) is -0.706. The number of sulfonamides is 1. The lowest BCUT2D eigenvalue weighted by molar-refractivity contribution is 0.102. The van der Waals surface area contributed by atoms with Gasteiger partial charge in [-0.25, -0.2) is 13.6 Å². The van der Waals surface area contributed by atoms with Crippen LogP contribution < -0.4 is 16.0 Å². The van der Waals surface area contributed by atoms with Crippen LogP contribution in [0.25, 0.3) is 10.9 Å². The summed E-state index contributed by atoms with van der Waals surface area (Å²) in [6.07, 6.45) is 0.629. The maximum Gasteiger partial charge on any atom is 0.267 e. The van der Waals surface area contributed by atoms with Crippen molar-refractivity contribution in [2.45, 2.75) is 31.2 Å². The second kappa shape index (κ2) is 7.69. The van der Waals surface area contributed by atoms with Crippen LogP contribution in [0.4, 0.5) is 5.69 Å². The van der Waals surface area contributed by atoms with E-state index >= 15 is 0 Å². The van der Waals surface area contributed by atoms with E-state index < -0.39 is 32.8 Å². The number of para-hydroxylation sites is 2. The molecule has 1 heterocycles. The van der Waals surface area contributed by atoms with Crippen LogP contribution >= 0.6 is 0 Å². The molecule has 152 valence electrons. The third-order valence-corrected chi connectivity index (χ3v) is 5.76. The van der Waals surface area contributed by atoms with Crippen molar-refractivity contribution < 1.29 is 18.3 Å². The number of fused-ring (bicyclic) bond motifs is 1. The molecular formula is C20H21N3O5S. The minimum atomic E-state index is -4.10. The highest BCUT2D eigenvalue weighted by molar-refractivity contribution is 7.89. The van der Waals surface area contributed by atoms with Crippen LogP contribution in [0.2, 0.25) is 0 Å². The van der Waals surface area contributed by atoms with Crippen LogP contribution in [0.1, 0.15) is 36.7 Å². The third-order valence-electron chi connectivity index (χ3n) is 4.79. The van der Waals surface area contributed by atoms with E-state index in [-0.39, 0.29) is 16.6 Å². The lowest BCUT2D eigenvalue weighted by Gasteiger charge is -2.19. The Morgan fingerprint density at radius 2 is 1.79 bits per heavy atom. The molecule has 9 heteroatoms. The molecule has 2 aromatic carbocycles. The molecule has 8 nitrogen and oxygen atoms in total. The second-order valence-corrected chi connectivity index (χ2v) is 8.20. The molecule has 0 aliphatic rings. The summed E-state index contributed by atoms with van der Waals surface area (Å²) in [5.74, 6) is -1.39. The molecule has 0 fully saturated rings. The lowest BCUT2D eigenvalue weighted by Crippen LogP contribution is -2.31. The molecule has 0 spiro atoms. The number of pyridine rings is 1. The predicted octanol–water partition coefficient (Wildman–Crippen LogP) is 2.58. The number of carbonyl (C=O) groups is 1. The summed E-state index contributed by atoms with van der Waals surface area (Å²) < 4.78 is 25.0. The molecule has 0 saturated carbocycles. The van der Waals surface area contributed by atoms with Gasteiger partial charge >= 0.3 is 0 Å². The molecule has 3 rings (SSSR count). The van der Waals surface area contributed by atoms with Crippen LogP contribution in [0.5, 0.6) is 5.75 Å². The maximum atomic E-state index is 13.1. The van der Waals surface area contributed by atoms with Crippen molar-refractivity contribution in [2.24, 2.45) is 5.14 Å². The van der Waals surface area contributed by atoms with Gasteiger partial charge in [0.15, 0.2) is 0 Å². The molecule has 0 unspecified atom stereocenters. The molecule has 0 radical (unpaired) electrons. The summed E-state index contributed by atoms with van der Waals surface area (Å²) in [6, 6.07) is 12.1. The number of nitrogens with two attached hydrogens (primary N) is 1. The largest absolute Gasteiger partial charge is 0.506 e. The normalized spacial score (nSPS) is 12.7. The van der Waals surface area contributed by atoms with Crippen LogP contribution in [-0.2, 0) is 10.0 Å². The average molecular weight is 415 g/mol. The fraction of sp³-hybridized carbons (Fsp3) is 0.200. The Balaban J connectivity index is 2.21. The zero-order valence-corrected chi connectivity index (χ0v) is 16.7. The first-order valence-electron chi connectivity index (χ1n) is 8.96. The number of aromatic hydroxyl groups is 1. The van der Waals surface area contributed by atoms with Gasteiger partial charge in [-0.15, -0.1) is 0 Å². The standard InChI is InChI=1S/C20H21N3O5S/c1-3-12(2)23-15-10-6-4-8-13(15)18(24)17(20(23)26)19(25)22-14-9-5-7-11-16(14)29(21,27)28/h4-12,24H,3H2,1-2H3,(H,22,25)(H2,21,27,28)/t12-/m1/s1. The van der Waals surface area contributed by atoms with E-state index in [0.29, 0.717) is 17.3 Å². The van der Waals surface area contributed by atoms with Crippen LogP contribution in [0, 0.1) is 0 Å². The first-order valence-corrected chi connectivity index (χ1v) is 10.5. The van der Waals surface area contributed by atoms with E-state index in [4.69, 9.17) is 5.14 Å². The quantitative estimate of drug-likeness (QED) is 0.589. The first kappa shape index (κ1) is 20.6. The third kappa shape index (κ3) is 3.74. The van der Waals surface area contributed by atoms with Gasteiger partial charge in [-0.05, 0) is 37.6 Å². The number of nitrogens with zero attached hydrogens (tertiary/aromatic N) is 1. The van der Waals surface area contributed by atoms with Gasteiger partial charge in [0.1, 0.15) is 16.2 Å². The van der Waals surface area contributed by atoms with Crippen molar-refractivity contribution in [3.63, 3.8) is 0 Å². The topological polar surface area (TPSA) is 131 Å². The van der Waals surface area contributed by atoms with E-state index in [2.05, 4.69) is 5.32 Å². The summed E-state index contributed by atoms with van der Waals surface area (Å²) in [4.78, 5) is 25.7. The summed E-state index contributed by atoms with van der Waals surface area (Å²) in [5, 5.41) is 18.6. The van der Waals surface area contributed by atoms with Crippen molar-refractivity contribution in [3.8, 4) is 5.75 Å². The fourth-order valence-electron chi connectivity index (χ4n) is 3.18. The summed E-state index contributed by atoms with van der Waals surface area (Å²) in [7, 11) is -4.10. The van der Waals surface area contributed by atoms with E-state index in [0.717, 1.165) is 0 Å². The van der Waals surface area contributed by atoms with Gasteiger partial charge < -0.3 is 15.0 Å². The molecule has 3 aromatic rings. The number of anilines is 1. The van der Waals surface area contributed by atoms with Crippen molar-refractivity contribution in [2.75, 3.05) is 5.32 Å². The monoisotopic (exact) mass is 415 g/mol. The highest BCUT2D eigenvalue weighted by atomic mass is 32.2. The van der Waals surface area contributed by atoms with Gasteiger partial charge in [-0.3, -0.25) is 9.59 Å². The number of nitrogens with one attached hydrogen (secondary N) is 1. The van der Waals surface area contributed by atoms with Crippen LogP contribution in [0.3, 0.4) is 0 Å². The highest BCUT2D eigenvalue weighted by Crippen LogP contribution is 2.29. The number of benzene rings is 2. The summed E-state index contributed by atoms with van der Waals surface area (Å²) in [6.45, 7) is 3.74. The molecule has 1 atom stereocenters. The van der Waals surface area contributed by atoms with Gasteiger partial charge in [-0.1, -0.05) is 31.2 Å². The Kier molecular flexibility index (Phi) is 5.45. The molecule has 0 saturated heterocycles. The van der Waals surface area contributed by atoms with E-state index in [9.17, 15) is 23.1 Å². The Morgan fingerprint density at radius 1 is 1.17 bits per heavy atom. The molecule has 0 aliphatic carbocycles. The zero-order chi connectivity index (χ0) is 21.3. The van der Waals surface area contributed by atoms with Crippen molar-refractivity contribution in [1.29, 1.82) is 0 Å². The molecular weight excluding hydrogens is 394 g/mol. The molecule has 0 aliphatic heterocycles. The zero-order valence-electron chi connectivity index (χ0n) is 15.9. The Morgan fingerprint density at radius 3 is 2.45 bits per heavy atom. The Hall–Kier alpha value is -3.17. The SMILES string of the molecule is CC[C@@H](C)n1c(=O)c(C(=O)Nc2ccccc2S(N)(=O)=O)c(O)c2ccccc21. The summed E-state index contributed by atoms with van der Waals surface area (Å²) >= 11 is 0. The fourth-order valence-corrected chi connectivity index (χ4v) is 3.87. The minimum absolute atomic E-state index is 0.0814. The smallest absolute Gasteiger partial charge is 0.267 e. The van der Waals surface area contributed by atoms with Gasteiger partial charge in [0, 0.05) is 11.4 Å². The predicted molar refractivity (Wildman–Crippen MR) is 111 cm³/mol. The number of aromatic nitrogens is 1. The number of rotatable bonds is 5. The van der Waals surface area contributed by atoms with Crippen LogP contribution in [-0.4, -0.2) is 24.0 Å². The number of primary sulfonamides is 1. The van der Waals surface area contributed by atoms with Gasteiger partial charge in [0.2, 0.25) is 10.0 Å². The highest BCUT2D eigenvalue weighted by Gasteiger charge is 2.25. The van der Waals surface area contributed by atoms with Crippen LogP contribution in [0.15, 0.2) is 58.2 Å². The molecule has 0 bridgehead atoms. The van der Waals surface area contributed by atoms with Gasteiger partial charge in [-0.2, -0.15) is 0 Å². The number of amides is 1. The van der Waals surface area contributed by atoms with Crippen molar-refractivity contribution >= 4 is 32.5 Å².